The van der Waals surface area contributed by atoms with E-state index >= 15 is 0 Å². The molecule has 1 fully saturated rings. The van der Waals surface area contributed by atoms with Crippen LogP contribution in [-0.4, -0.2) is 22.5 Å². The van der Waals surface area contributed by atoms with E-state index in [4.69, 9.17) is 0 Å². The first-order valence-corrected chi connectivity index (χ1v) is 8.17. The van der Waals surface area contributed by atoms with Crippen molar-refractivity contribution in [1.82, 2.24) is 15.5 Å². The molecule has 3 nitrogen and oxygen atoms in total. The summed E-state index contributed by atoms with van der Waals surface area (Å²) in [5.74, 6) is 1.26. The van der Waals surface area contributed by atoms with Crippen molar-refractivity contribution in [3.8, 4) is 0 Å². The van der Waals surface area contributed by atoms with Gasteiger partial charge in [0.05, 0.1) is 10.8 Å². The molecule has 0 radical (unpaired) electrons. The largest absolute Gasteiger partial charge is 0.308 e. The maximum absolute atomic E-state index is 4.41. The molecule has 0 bridgehead atoms. The van der Waals surface area contributed by atoms with Crippen LogP contribution in [-0.2, 0) is 4.75 Å². The molecule has 2 rings (SSSR count). The standard InChI is InChI=1S/C12H21N3S2/c1-4-7-13-9(2)10-14-15-11(17-10)12(3)6-5-8-16-12/h9,13H,4-8H2,1-3H3. The van der Waals surface area contributed by atoms with Crippen molar-refractivity contribution in [3.63, 3.8) is 0 Å². The summed E-state index contributed by atoms with van der Waals surface area (Å²) in [5.41, 5.74) is 0. The molecule has 17 heavy (non-hydrogen) atoms. The summed E-state index contributed by atoms with van der Waals surface area (Å²) in [5, 5.41) is 14.6. The quantitative estimate of drug-likeness (QED) is 0.891. The summed E-state index contributed by atoms with van der Waals surface area (Å²) in [6.07, 6.45) is 3.70. The second-order valence-corrected chi connectivity index (χ2v) is 7.41. The fraction of sp³-hybridized carbons (Fsp3) is 0.833. The molecule has 1 aliphatic rings. The lowest BCUT2D eigenvalue weighted by Crippen LogP contribution is -2.19. The fourth-order valence-electron chi connectivity index (χ4n) is 2.02. The third kappa shape index (κ3) is 3.01. The van der Waals surface area contributed by atoms with Crippen LogP contribution < -0.4 is 5.32 Å². The zero-order chi connectivity index (χ0) is 12.3. The van der Waals surface area contributed by atoms with Gasteiger partial charge in [0.25, 0.3) is 0 Å². The van der Waals surface area contributed by atoms with Crippen molar-refractivity contribution < 1.29 is 0 Å². The molecule has 0 saturated carbocycles. The molecular formula is C12H21N3S2. The second-order valence-electron chi connectivity index (χ2n) is 4.80. The molecule has 5 heteroatoms. The Morgan fingerprint density at radius 3 is 2.94 bits per heavy atom. The van der Waals surface area contributed by atoms with Crippen molar-refractivity contribution in [2.45, 2.75) is 50.8 Å². The Morgan fingerprint density at radius 2 is 2.29 bits per heavy atom. The van der Waals surface area contributed by atoms with Crippen molar-refractivity contribution in [2.75, 3.05) is 12.3 Å². The van der Waals surface area contributed by atoms with E-state index in [9.17, 15) is 0 Å². The minimum Gasteiger partial charge on any atom is -0.308 e. The van der Waals surface area contributed by atoms with Crippen LogP contribution in [0.5, 0.6) is 0 Å². The van der Waals surface area contributed by atoms with Gasteiger partial charge in [0, 0.05) is 0 Å². The van der Waals surface area contributed by atoms with Crippen molar-refractivity contribution in [2.24, 2.45) is 0 Å². The van der Waals surface area contributed by atoms with Gasteiger partial charge in [-0.25, -0.2) is 0 Å². The lowest BCUT2D eigenvalue weighted by atomic mass is 10.1. The number of aromatic nitrogens is 2. The average Bonchev–Trinajstić information content (AvgIpc) is 2.95. The van der Waals surface area contributed by atoms with E-state index in [1.807, 2.05) is 11.8 Å². The van der Waals surface area contributed by atoms with E-state index in [0.717, 1.165) is 18.0 Å². The van der Waals surface area contributed by atoms with E-state index in [0.29, 0.717) is 6.04 Å². The summed E-state index contributed by atoms with van der Waals surface area (Å²) < 4.78 is 0.223. The van der Waals surface area contributed by atoms with Gasteiger partial charge in [0.1, 0.15) is 10.0 Å². The predicted octanol–water partition coefficient (Wildman–Crippen LogP) is 3.34. The minimum absolute atomic E-state index is 0.223. The normalized spacial score (nSPS) is 26.3. The van der Waals surface area contributed by atoms with Gasteiger partial charge in [-0.15, -0.1) is 22.0 Å². The monoisotopic (exact) mass is 271 g/mol. The molecule has 1 aromatic rings. The van der Waals surface area contributed by atoms with Crippen LogP contribution in [0, 0.1) is 0 Å². The van der Waals surface area contributed by atoms with E-state index in [1.54, 1.807) is 11.3 Å². The van der Waals surface area contributed by atoms with Crippen LogP contribution in [0.1, 0.15) is 56.1 Å². The highest BCUT2D eigenvalue weighted by Crippen LogP contribution is 2.47. The van der Waals surface area contributed by atoms with Gasteiger partial charge in [-0.1, -0.05) is 18.3 Å². The third-order valence-corrected chi connectivity index (χ3v) is 6.21. The summed E-state index contributed by atoms with van der Waals surface area (Å²) in [4.78, 5) is 0. The molecule has 1 aromatic heterocycles. The number of nitrogens with zero attached hydrogens (tertiary/aromatic N) is 2. The maximum Gasteiger partial charge on any atom is 0.134 e. The molecule has 2 heterocycles. The van der Waals surface area contributed by atoms with Crippen molar-refractivity contribution in [1.29, 1.82) is 0 Å². The Morgan fingerprint density at radius 1 is 1.47 bits per heavy atom. The molecule has 96 valence electrons. The van der Waals surface area contributed by atoms with Gasteiger partial charge in [0.15, 0.2) is 0 Å². The summed E-state index contributed by atoms with van der Waals surface area (Å²) in [6, 6.07) is 0.330. The Hall–Kier alpha value is -0.130. The number of rotatable bonds is 5. The lowest BCUT2D eigenvalue weighted by molar-refractivity contribution is 0.562. The van der Waals surface area contributed by atoms with Gasteiger partial charge >= 0.3 is 0 Å². The highest BCUT2D eigenvalue weighted by Gasteiger charge is 2.35. The SMILES string of the molecule is CCCNC(C)c1nnc(C2(C)CCCS2)s1. The molecule has 0 amide bonds. The predicted molar refractivity (Wildman–Crippen MR) is 75.7 cm³/mol. The number of thioether (sulfide) groups is 1. The molecule has 0 aliphatic carbocycles. The number of hydrogen-bond acceptors (Lipinski definition) is 5. The van der Waals surface area contributed by atoms with Crippen LogP contribution in [0.3, 0.4) is 0 Å². The Kier molecular flexibility index (Phi) is 4.44. The summed E-state index contributed by atoms with van der Waals surface area (Å²) in [6.45, 7) is 7.70. The van der Waals surface area contributed by atoms with Crippen LogP contribution >= 0.6 is 23.1 Å². The van der Waals surface area contributed by atoms with E-state index in [-0.39, 0.29) is 4.75 Å². The van der Waals surface area contributed by atoms with Crippen LogP contribution in [0.25, 0.3) is 0 Å². The summed E-state index contributed by atoms with van der Waals surface area (Å²) >= 11 is 3.81. The molecule has 0 spiro atoms. The molecule has 2 atom stereocenters. The zero-order valence-corrected chi connectivity index (χ0v) is 12.5. The van der Waals surface area contributed by atoms with Crippen LogP contribution in [0.2, 0.25) is 0 Å². The van der Waals surface area contributed by atoms with E-state index < -0.39 is 0 Å². The minimum atomic E-state index is 0.223. The Labute approximate surface area is 112 Å². The molecule has 1 aliphatic heterocycles. The zero-order valence-electron chi connectivity index (χ0n) is 10.8. The average molecular weight is 271 g/mol. The first kappa shape index (κ1) is 13.3. The Balaban J connectivity index is 2.05. The molecule has 0 aromatic carbocycles. The van der Waals surface area contributed by atoms with Gasteiger partial charge < -0.3 is 5.32 Å². The number of nitrogens with one attached hydrogen (secondary N) is 1. The van der Waals surface area contributed by atoms with Gasteiger partial charge in [0.2, 0.25) is 0 Å². The highest BCUT2D eigenvalue weighted by atomic mass is 32.2. The first-order chi connectivity index (χ1) is 8.15. The molecule has 1 N–H and O–H groups in total. The Bertz CT molecular complexity index is 358. The number of hydrogen-bond donors (Lipinski definition) is 1. The van der Waals surface area contributed by atoms with Crippen molar-refractivity contribution in [3.05, 3.63) is 10.0 Å². The third-order valence-electron chi connectivity index (χ3n) is 3.18. The lowest BCUT2D eigenvalue weighted by Gasteiger charge is -2.18. The van der Waals surface area contributed by atoms with Gasteiger partial charge in [-0.3, -0.25) is 0 Å². The first-order valence-electron chi connectivity index (χ1n) is 6.37. The van der Waals surface area contributed by atoms with E-state index in [2.05, 4.69) is 36.3 Å². The maximum atomic E-state index is 4.41. The highest BCUT2D eigenvalue weighted by molar-refractivity contribution is 8.00. The molecule has 1 saturated heterocycles. The van der Waals surface area contributed by atoms with Crippen molar-refractivity contribution >= 4 is 23.1 Å². The van der Waals surface area contributed by atoms with E-state index in [1.165, 1.54) is 23.6 Å². The van der Waals surface area contributed by atoms with Gasteiger partial charge in [-0.2, -0.15) is 0 Å². The topological polar surface area (TPSA) is 37.8 Å². The van der Waals surface area contributed by atoms with Gasteiger partial charge in [-0.05, 0) is 45.4 Å². The molecular weight excluding hydrogens is 250 g/mol. The fourth-order valence-corrected chi connectivity index (χ4v) is 4.45. The smallest absolute Gasteiger partial charge is 0.134 e. The van der Waals surface area contributed by atoms with Crippen LogP contribution in [0.15, 0.2) is 0 Å². The second kappa shape index (κ2) is 5.67. The summed E-state index contributed by atoms with van der Waals surface area (Å²) in [7, 11) is 0. The van der Waals surface area contributed by atoms with Crippen LogP contribution in [0.4, 0.5) is 0 Å². The molecule has 2 unspecified atom stereocenters.